The highest BCUT2D eigenvalue weighted by atomic mass is 16.2. The molecule has 0 aromatic heterocycles. The van der Waals surface area contributed by atoms with E-state index in [1.54, 1.807) is 0 Å². The van der Waals surface area contributed by atoms with Gasteiger partial charge in [0.2, 0.25) is 5.91 Å². The molecular formula is C20H20N2O. The number of amides is 1. The minimum absolute atomic E-state index is 0.0580. The maximum Gasteiger partial charge on any atom is 0.243 e. The molecule has 2 aliphatic rings. The van der Waals surface area contributed by atoms with Crippen molar-refractivity contribution in [1.82, 2.24) is 5.43 Å². The molecular weight excluding hydrogens is 284 g/mol. The molecule has 2 aromatic carbocycles. The summed E-state index contributed by atoms with van der Waals surface area (Å²) in [6.07, 6.45) is 3.00. The van der Waals surface area contributed by atoms with E-state index in [1.807, 2.05) is 18.2 Å². The van der Waals surface area contributed by atoms with Crippen molar-refractivity contribution in [1.29, 1.82) is 0 Å². The fourth-order valence-corrected chi connectivity index (χ4v) is 3.98. The molecule has 1 aliphatic carbocycles. The predicted molar refractivity (Wildman–Crippen MR) is 91.1 cm³/mol. The second-order valence-electron chi connectivity index (χ2n) is 6.47. The molecule has 1 heterocycles. The highest BCUT2D eigenvalue weighted by Crippen LogP contribution is 2.42. The van der Waals surface area contributed by atoms with Gasteiger partial charge in [0, 0.05) is 11.8 Å². The summed E-state index contributed by atoms with van der Waals surface area (Å²) < 4.78 is 0. The van der Waals surface area contributed by atoms with E-state index in [1.165, 1.54) is 5.56 Å². The number of hydrazone groups is 1. The summed E-state index contributed by atoms with van der Waals surface area (Å²) in [7, 11) is 0. The van der Waals surface area contributed by atoms with Gasteiger partial charge in [0.25, 0.3) is 0 Å². The van der Waals surface area contributed by atoms with Crippen LogP contribution in [-0.2, 0) is 4.79 Å². The van der Waals surface area contributed by atoms with E-state index >= 15 is 0 Å². The average molecular weight is 304 g/mol. The third-order valence-electron chi connectivity index (χ3n) is 5.17. The number of fused-ring (bicyclic) bond motifs is 1. The molecule has 1 N–H and O–H groups in total. The summed E-state index contributed by atoms with van der Waals surface area (Å²) in [5.74, 6) is 0.867. The Kier molecular flexibility index (Phi) is 3.70. The molecule has 1 amide bonds. The largest absolute Gasteiger partial charge is 0.273 e. The number of hydrogen-bond donors (Lipinski definition) is 1. The second-order valence-corrected chi connectivity index (χ2v) is 6.47. The first-order valence-corrected chi connectivity index (χ1v) is 8.31. The van der Waals surface area contributed by atoms with Crippen LogP contribution in [0.3, 0.4) is 0 Å². The molecule has 3 unspecified atom stereocenters. The van der Waals surface area contributed by atoms with Gasteiger partial charge in [-0.1, -0.05) is 60.7 Å². The van der Waals surface area contributed by atoms with E-state index in [4.69, 9.17) is 0 Å². The Labute approximate surface area is 136 Å². The van der Waals surface area contributed by atoms with Gasteiger partial charge in [-0.05, 0) is 36.3 Å². The summed E-state index contributed by atoms with van der Waals surface area (Å²) in [5, 5.41) is 4.41. The monoisotopic (exact) mass is 304 g/mol. The smallest absolute Gasteiger partial charge is 0.243 e. The minimum Gasteiger partial charge on any atom is -0.273 e. The van der Waals surface area contributed by atoms with Gasteiger partial charge in [0.15, 0.2) is 0 Å². The van der Waals surface area contributed by atoms with Crippen molar-refractivity contribution in [3.05, 3.63) is 71.8 Å². The topological polar surface area (TPSA) is 41.5 Å². The van der Waals surface area contributed by atoms with E-state index in [0.717, 1.165) is 30.5 Å². The Bertz CT molecular complexity index is 724. The van der Waals surface area contributed by atoms with Crippen LogP contribution in [0.25, 0.3) is 0 Å². The molecule has 0 bridgehead atoms. The van der Waals surface area contributed by atoms with Gasteiger partial charge in [-0.3, -0.25) is 4.79 Å². The molecule has 0 saturated heterocycles. The molecule has 4 rings (SSSR count). The van der Waals surface area contributed by atoms with Crippen molar-refractivity contribution >= 4 is 11.6 Å². The van der Waals surface area contributed by atoms with Gasteiger partial charge in [-0.15, -0.1) is 0 Å². The maximum atomic E-state index is 12.2. The van der Waals surface area contributed by atoms with Gasteiger partial charge in [0.1, 0.15) is 0 Å². The SMILES string of the molecule is O=C1NN=C(c2ccccc2)C2CC(c3ccccc3)CCC12. The first-order valence-electron chi connectivity index (χ1n) is 8.31. The Morgan fingerprint density at radius 1 is 0.870 bits per heavy atom. The molecule has 2 aromatic rings. The van der Waals surface area contributed by atoms with Gasteiger partial charge in [-0.25, -0.2) is 5.43 Å². The number of rotatable bonds is 2. The average Bonchev–Trinajstić information content (AvgIpc) is 2.63. The molecule has 0 spiro atoms. The van der Waals surface area contributed by atoms with Crippen LogP contribution in [0.1, 0.15) is 36.3 Å². The van der Waals surface area contributed by atoms with Crippen LogP contribution in [0.5, 0.6) is 0 Å². The number of benzene rings is 2. The van der Waals surface area contributed by atoms with Gasteiger partial charge in [-0.2, -0.15) is 5.10 Å². The van der Waals surface area contributed by atoms with E-state index in [9.17, 15) is 4.79 Å². The van der Waals surface area contributed by atoms with Gasteiger partial charge >= 0.3 is 0 Å². The first kappa shape index (κ1) is 14.2. The van der Waals surface area contributed by atoms with Crippen LogP contribution < -0.4 is 5.43 Å². The van der Waals surface area contributed by atoms with E-state index in [-0.39, 0.29) is 17.7 Å². The Balaban J connectivity index is 1.66. The van der Waals surface area contributed by atoms with Crippen molar-refractivity contribution < 1.29 is 4.79 Å². The van der Waals surface area contributed by atoms with Crippen molar-refractivity contribution in [3.63, 3.8) is 0 Å². The summed E-state index contributed by atoms with van der Waals surface area (Å²) in [4.78, 5) is 12.2. The summed E-state index contributed by atoms with van der Waals surface area (Å²) in [6.45, 7) is 0. The first-order chi connectivity index (χ1) is 11.3. The third-order valence-corrected chi connectivity index (χ3v) is 5.17. The molecule has 3 nitrogen and oxygen atoms in total. The van der Waals surface area contributed by atoms with E-state index in [0.29, 0.717) is 5.92 Å². The fraction of sp³-hybridized carbons (Fsp3) is 0.300. The van der Waals surface area contributed by atoms with Gasteiger partial charge in [0.05, 0.1) is 5.71 Å². The molecule has 23 heavy (non-hydrogen) atoms. The van der Waals surface area contributed by atoms with Gasteiger partial charge < -0.3 is 0 Å². The zero-order chi connectivity index (χ0) is 15.6. The van der Waals surface area contributed by atoms with Crippen LogP contribution in [0.2, 0.25) is 0 Å². The molecule has 1 aliphatic heterocycles. The maximum absolute atomic E-state index is 12.2. The predicted octanol–water partition coefficient (Wildman–Crippen LogP) is 3.72. The summed E-state index contributed by atoms with van der Waals surface area (Å²) >= 11 is 0. The third kappa shape index (κ3) is 2.67. The van der Waals surface area contributed by atoms with Crippen molar-refractivity contribution in [2.24, 2.45) is 16.9 Å². The molecule has 3 atom stereocenters. The highest BCUT2D eigenvalue weighted by molar-refractivity contribution is 6.06. The Morgan fingerprint density at radius 2 is 1.57 bits per heavy atom. The van der Waals surface area contributed by atoms with Crippen LogP contribution in [0, 0.1) is 11.8 Å². The normalized spacial score (nSPS) is 26.9. The summed E-state index contributed by atoms with van der Waals surface area (Å²) in [6, 6.07) is 20.9. The van der Waals surface area contributed by atoms with Crippen LogP contribution in [-0.4, -0.2) is 11.6 Å². The lowest BCUT2D eigenvalue weighted by Gasteiger charge is -2.38. The number of hydrogen-bond acceptors (Lipinski definition) is 2. The highest BCUT2D eigenvalue weighted by Gasteiger charge is 2.41. The number of nitrogens with zero attached hydrogens (tertiary/aromatic N) is 1. The zero-order valence-corrected chi connectivity index (χ0v) is 13.0. The van der Waals surface area contributed by atoms with Crippen molar-refractivity contribution in [3.8, 4) is 0 Å². The minimum atomic E-state index is 0.0580. The standard InChI is InChI=1S/C20H20N2O/c23-20-17-12-11-16(14-7-3-1-4-8-14)13-18(17)19(21-22-20)15-9-5-2-6-10-15/h1-10,16-18H,11-13H2,(H,22,23). The van der Waals surface area contributed by atoms with E-state index in [2.05, 4.69) is 53.0 Å². The number of nitrogens with one attached hydrogen (secondary N) is 1. The molecule has 1 fully saturated rings. The van der Waals surface area contributed by atoms with Crippen molar-refractivity contribution in [2.45, 2.75) is 25.2 Å². The van der Waals surface area contributed by atoms with Crippen LogP contribution >= 0.6 is 0 Å². The molecule has 1 saturated carbocycles. The number of carbonyl (C=O) groups is 1. The number of carbonyl (C=O) groups excluding carboxylic acids is 1. The lowest BCUT2D eigenvalue weighted by molar-refractivity contribution is -0.127. The second kappa shape index (κ2) is 5.99. The summed E-state index contributed by atoms with van der Waals surface area (Å²) in [5.41, 5.74) is 6.27. The van der Waals surface area contributed by atoms with Crippen molar-refractivity contribution in [2.75, 3.05) is 0 Å². The quantitative estimate of drug-likeness (QED) is 0.902. The fourth-order valence-electron chi connectivity index (χ4n) is 3.98. The lowest BCUT2D eigenvalue weighted by Crippen LogP contribution is -2.45. The molecule has 3 heteroatoms. The van der Waals surface area contributed by atoms with E-state index < -0.39 is 0 Å². The zero-order valence-electron chi connectivity index (χ0n) is 13.0. The van der Waals surface area contributed by atoms with Crippen LogP contribution in [0.4, 0.5) is 0 Å². The molecule has 116 valence electrons. The lowest BCUT2D eigenvalue weighted by atomic mass is 9.68. The Hall–Kier alpha value is -2.42. The Morgan fingerprint density at radius 3 is 2.30 bits per heavy atom. The van der Waals surface area contributed by atoms with Crippen LogP contribution in [0.15, 0.2) is 65.8 Å². The molecule has 0 radical (unpaired) electrons.